The number of imidazole rings is 1. The third-order valence-electron chi connectivity index (χ3n) is 5.98. The molecule has 0 aliphatic carbocycles. The zero-order valence-electron chi connectivity index (χ0n) is 17.1. The molecule has 0 saturated carbocycles. The minimum Gasteiger partial charge on any atom is -0.489 e. The number of aromatic nitrogens is 2. The lowest BCUT2D eigenvalue weighted by Gasteiger charge is -2.38. The number of anilines is 1. The first-order chi connectivity index (χ1) is 14.0. The summed E-state index contributed by atoms with van der Waals surface area (Å²) in [6, 6.07) is 4.29. The van der Waals surface area contributed by atoms with E-state index in [1.54, 1.807) is 12.1 Å². The van der Waals surface area contributed by atoms with Crippen LogP contribution in [0.4, 0.5) is 5.82 Å². The molecule has 156 valence electrons. The molecule has 4 rings (SSSR count). The predicted molar refractivity (Wildman–Crippen MR) is 120 cm³/mol. The van der Waals surface area contributed by atoms with Gasteiger partial charge in [0.2, 0.25) is 0 Å². The molecule has 2 aromatic rings. The molecule has 1 saturated heterocycles. The third-order valence-corrected chi connectivity index (χ3v) is 6.79. The minimum absolute atomic E-state index is 0.195. The van der Waals surface area contributed by atoms with E-state index in [1.165, 1.54) is 5.82 Å². The molecule has 2 aliphatic rings. The van der Waals surface area contributed by atoms with Gasteiger partial charge in [-0.1, -0.05) is 35.9 Å². The van der Waals surface area contributed by atoms with Gasteiger partial charge in [0.1, 0.15) is 24.0 Å². The van der Waals surface area contributed by atoms with Crippen LogP contribution in [0.25, 0.3) is 0 Å². The van der Waals surface area contributed by atoms with Crippen LogP contribution in [0.2, 0.25) is 10.0 Å². The van der Waals surface area contributed by atoms with Gasteiger partial charge in [0.15, 0.2) is 0 Å². The molecule has 29 heavy (non-hydrogen) atoms. The SMILES string of the molecule is C=CCOc1ccc(Cl)c(Cl)c1C1Cc2ncc(N3CCN(C(C)C)CC3)n2C1. The van der Waals surface area contributed by atoms with Crippen molar-refractivity contribution < 1.29 is 4.74 Å². The number of rotatable bonds is 6. The Balaban J connectivity index is 1.55. The standard InChI is InChI=1S/C22H28Cl2N4O/c1-4-11-29-18-6-5-17(23)22(24)21(18)16-12-19-25-13-20(28(19)14-16)27-9-7-26(8-10-27)15(2)3/h4-6,13,15-16H,1,7-12,14H2,2-3H3. The summed E-state index contributed by atoms with van der Waals surface area (Å²) in [5.41, 5.74) is 0.974. The van der Waals surface area contributed by atoms with E-state index in [-0.39, 0.29) is 5.92 Å². The van der Waals surface area contributed by atoms with E-state index in [2.05, 4.69) is 34.8 Å². The Hall–Kier alpha value is -1.69. The van der Waals surface area contributed by atoms with Gasteiger partial charge in [0.25, 0.3) is 0 Å². The monoisotopic (exact) mass is 434 g/mol. The third kappa shape index (κ3) is 4.00. The topological polar surface area (TPSA) is 33.5 Å². The Labute approximate surface area is 182 Å². The number of hydrogen-bond acceptors (Lipinski definition) is 4. The molecule has 1 aromatic heterocycles. The molecule has 0 bridgehead atoms. The van der Waals surface area contributed by atoms with Gasteiger partial charge in [-0.3, -0.25) is 4.90 Å². The van der Waals surface area contributed by atoms with Crippen LogP contribution in [-0.2, 0) is 13.0 Å². The second kappa shape index (κ2) is 8.58. The Morgan fingerprint density at radius 1 is 1.24 bits per heavy atom. The Morgan fingerprint density at radius 2 is 2.00 bits per heavy atom. The summed E-state index contributed by atoms with van der Waals surface area (Å²) in [4.78, 5) is 9.69. The van der Waals surface area contributed by atoms with Crippen LogP contribution in [-0.4, -0.2) is 53.3 Å². The number of nitrogens with zero attached hydrogens (tertiary/aromatic N) is 4. The maximum atomic E-state index is 6.62. The van der Waals surface area contributed by atoms with Crippen molar-refractivity contribution in [3.63, 3.8) is 0 Å². The number of benzene rings is 1. The molecule has 1 aromatic carbocycles. The summed E-state index contributed by atoms with van der Waals surface area (Å²) >= 11 is 13.0. The zero-order chi connectivity index (χ0) is 20.5. The molecule has 0 spiro atoms. The number of halogens is 2. The summed E-state index contributed by atoms with van der Waals surface area (Å²) in [6.07, 6.45) is 4.59. The largest absolute Gasteiger partial charge is 0.489 e. The van der Waals surface area contributed by atoms with E-state index in [0.717, 1.165) is 56.3 Å². The molecule has 0 N–H and O–H groups in total. The molecule has 1 atom stereocenters. The summed E-state index contributed by atoms with van der Waals surface area (Å²) in [6.45, 7) is 13.8. The van der Waals surface area contributed by atoms with Crippen LogP contribution in [0.3, 0.4) is 0 Å². The highest BCUT2D eigenvalue weighted by Crippen LogP contribution is 2.43. The van der Waals surface area contributed by atoms with Gasteiger partial charge in [-0.25, -0.2) is 4.98 Å². The van der Waals surface area contributed by atoms with Gasteiger partial charge < -0.3 is 14.2 Å². The zero-order valence-corrected chi connectivity index (χ0v) is 18.6. The van der Waals surface area contributed by atoms with Crippen LogP contribution >= 0.6 is 23.2 Å². The van der Waals surface area contributed by atoms with Crippen LogP contribution in [0.15, 0.2) is 31.0 Å². The quantitative estimate of drug-likeness (QED) is 0.620. The van der Waals surface area contributed by atoms with Crippen LogP contribution in [0.1, 0.15) is 31.2 Å². The fourth-order valence-corrected chi connectivity index (χ4v) is 4.86. The highest BCUT2D eigenvalue weighted by Gasteiger charge is 2.32. The minimum atomic E-state index is 0.195. The van der Waals surface area contributed by atoms with Gasteiger partial charge in [-0.15, -0.1) is 0 Å². The average Bonchev–Trinajstić information content (AvgIpc) is 3.29. The van der Waals surface area contributed by atoms with Crippen LogP contribution < -0.4 is 9.64 Å². The van der Waals surface area contributed by atoms with E-state index >= 15 is 0 Å². The Morgan fingerprint density at radius 3 is 2.69 bits per heavy atom. The number of ether oxygens (including phenoxy) is 1. The fraction of sp³-hybridized carbons (Fsp3) is 0.500. The lowest BCUT2D eigenvalue weighted by Crippen LogP contribution is -2.49. The second-order valence-electron chi connectivity index (χ2n) is 8.03. The first kappa shape index (κ1) is 20.6. The smallest absolute Gasteiger partial charge is 0.128 e. The maximum Gasteiger partial charge on any atom is 0.128 e. The molecule has 2 aliphatic heterocycles. The van der Waals surface area contributed by atoms with Crippen molar-refractivity contribution in [2.45, 2.75) is 38.8 Å². The molecular formula is C22H28Cl2N4O. The van der Waals surface area contributed by atoms with Gasteiger partial charge in [0.05, 0.1) is 16.2 Å². The van der Waals surface area contributed by atoms with Gasteiger partial charge in [0, 0.05) is 56.7 Å². The molecule has 3 heterocycles. The number of hydrogen-bond donors (Lipinski definition) is 0. The molecule has 5 nitrogen and oxygen atoms in total. The summed E-state index contributed by atoms with van der Waals surface area (Å²) < 4.78 is 8.22. The molecular weight excluding hydrogens is 407 g/mol. The predicted octanol–water partition coefficient (Wildman–Crippen LogP) is 4.63. The van der Waals surface area contributed by atoms with Crippen LogP contribution in [0.5, 0.6) is 5.75 Å². The van der Waals surface area contributed by atoms with Crippen LogP contribution in [0, 0.1) is 0 Å². The summed E-state index contributed by atoms with van der Waals surface area (Å²) in [5, 5.41) is 1.14. The van der Waals surface area contributed by atoms with Crippen molar-refractivity contribution in [2.75, 3.05) is 37.7 Å². The summed E-state index contributed by atoms with van der Waals surface area (Å²) in [5.74, 6) is 3.28. The lowest BCUT2D eigenvalue weighted by atomic mass is 9.96. The van der Waals surface area contributed by atoms with E-state index in [4.69, 9.17) is 32.9 Å². The van der Waals surface area contributed by atoms with E-state index < -0.39 is 0 Å². The molecule has 0 radical (unpaired) electrons. The van der Waals surface area contributed by atoms with Crippen molar-refractivity contribution in [2.24, 2.45) is 0 Å². The van der Waals surface area contributed by atoms with Crippen molar-refractivity contribution in [3.8, 4) is 5.75 Å². The van der Waals surface area contributed by atoms with E-state index in [0.29, 0.717) is 22.7 Å². The van der Waals surface area contributed by atoms with Crippen molar-refractivity contribution in [1.29, 1.82) is 0 Å². The molecule has 1 unspecified atom stereocenters. The Bertz CT molecular complexity index is 887. The van der Waals surface area contributed by atoms with E-state index in [9.17, 15) is 0 Å². The first-order valence-electron chi connectivity index (χ1n) is 10.2. The number of piperazine rings is 1. The second-order valence-corrected chi connectivity index (χ2v) is 8.82. The summed E-state index contributed by atoms with van der Waals surface area (Å²) in [7, 11) is 0. The maximum absolute atomic E-state index is 6.62. The molecule has 7 heteroatoms. The average molecular weight is 435 g/mol. The van der Waals surface area contributed by atoms with Gasteiger partial charge in [-0.05, 0) is 26.0 Å². The molecule has 1 fully saturated rings. The molecule has 0 amide bonds. The van der Waals surface area contributed by atoms with E-state index in [1.807, 2.05) is 12.3 Å². The van der Waals surface area contributed by atoms with Crippen molar-refractivity contribution in [1.82, 2.24) is 14.5 Å². The first-order valence-corrected chi connectivity index (χ1v) is 11.0. The van der Waals surface area contributed by atoms with Crippen molar-refractivity contribution in [3.05, 3.63) is 52.4 Å². The van der Waals surface area contributed by atoms with Gasteiger partial charge in [-0.2, -0.15) is 0 Å². The normalized spacial score (nSPS) is 19.6. The highest BCUT2D eigenvalue weighted by atomic mass is 35.5. The highest BCUT2D eigenvalue weighted by molar-refractivity contribution is 6.42. The lowest BCUT2D eigenvalue weighted by molar-refractivity contribution is 0.208. The fourth-order valence-electron chi connectivity index (χ4n) is 4.39. The van der Waals surface area contributed by atoms with Crippen molar-refractivity contribution >= 4 is 29.0 Å². The van der Waals surface area contributed by atoms with Gasteiger partial charge >= 0.3 is 0 Å². The number of fused-ring (bicyclic) bond motifs is 1. The Kier molecular flexibility index (Phi) is 6.09.